The minimum absolute atomic E-state index is 0.0668. The molecule has 0 radical (unpaired) electrons. The third-order valence-corrected chi connectivity index (χ3v) is 4.46. The molecule has 1 aliphatic heterocycles. The number of urea groups is 1. The number of carbonyl (C=O) groups excluding carboxylic acids is 1. The van der Waals surface area contributed by atoms with Crippen molar-refractivity contribution in [1.82, 2.24) is 20.1 Å². The number of benzene rings is 2. The molecule has 0 saturated carbocycles. The number of rotatable bonds is 6. The number of likely N-dealkylation sites (tertiary alicyclic amines) is 1. The van der Waals surface area contributed by atoms with Crippen molar-refractivity contribution in [3.05, 3.63) is 66.0 Å². The zero-order chi connectivity index (χ0) is 19.3. The Morgan fingerprint density at radius 2 is 1.86 bits per heavy atom. The maximum atomic E-state index is 12.3. The highest BCUT2D eigenvalue weighted by Gasteiger charge is 2.33. The fraction of sp³-hybridized carbons (Fsp3) is 0.250. The van der Waals surface area contributed by atoms with E-state index >= 15 is 0 Å². The van der Waals surface area contributed by atoms with Crippen LogP contribution in [0.25, 0.3) is 0 Å². The number of nitrogens with zero attached hydrogens (tertiary/aromatic N) is 3. The molecule has 28 heavy (non-hydrogen) atoms. The van der Waals surface area contributed by atoms with Gasteiger partial charge in [0, 0.05) is 6.42 Å². The Balaban J connectivity index is 1.26. The van der Waals surface area contributed by atoms with Gasteiger partial charge < -0.3 is 14.4 Å². The molecule has 2 aromatic carbocycles. The molecule has 0 aliphatic carbocycles. The van der Waals surface area contributed by atoms with E-state index in [-0.39, 0.29) is 18.1 Å². The summed E-state index contributed by atoms with van der Waals surface area (Å²) in [4.78, 5) is 18.3. The lowest BCUT2D eigenvalue weighted by Crippen LogP contribution is -2.57. The first-order valence-electron chi connectivity index (χ1n) is 9.02. The molecule has 4 rings (SSSR count). The van der Waals surface area contributed by atoms with Crippen LogP contribution in [0.1, 0.15) is 11.4 Å². The molecule has 144 valence electrons. The number of carbonyl (C=O) groups is 1. The molecule has 1 aliphatic rings. The molecule has 0 bridgehead atoms. The SMILES string of the molecule is COc1ccccc1OC1CN(C(=O)Nc2n[nH]c(Cc3ccccc3)n2)C1. The second-order valence-electron chi connectivity index (χ2n) is 6.49. The third-order valence-electron chi connectivity index (χ3n) is 4.46. The molecule has 0 atom stereocenters. The minimum Gasteiger partial charge on any atom is -0.493 e. The van der Waals surface area contributed by atoms with E-state index in [2.05, 4.69) is 20.5 Å². The lowest BCUT2D eigenvalue weighted by atomic mass is 10.1. The summed E-state index contributed by atoms with van der Waals surface area (Å²) in [5, 5.41) is 9.63. The Labute approximate surface area is 162 Å². The fourth-order valence-electron chi connectivity index (χ4n) is 2.97. The number of para-hydroxylation sites is 2. The fourth-order valence-corrected chi connectivity index (χ4v) is 2.97. The number of aromatic nitrogens is 3. The van der Waals surface area contributed by atoms with Crippen molar-refractivity contribution in [2.24, 2.45) is 0 Å². The van der Waals surface area contributed by atoms with Crippen molar-refractivity contribution in [2.45, 2.75) is 12.5 Å². The van der Waals surface area contributed by atoms with E-state index < -0.39 is 0 Å². The summed E-state index contributed by atoms with van der Waals surface area (Å²) >= 11 is 0. The number of methoxy groups -OCH3 is 1. The maximum absolute atomic E-state index is 12.3. The van der Waals surface area contributed by atoms with Crippen LogP contribution in [0.15, 0.2) is 54.6 Å². The van der Waals surface area contributed by atoms with E-state index in [9.17, 15) is 4.79 Å². The first-order chi connectivity index (χ1) is 13.7. The molecule has 1 aromatic heterocycles. The molecule has 3 aromatic rings. The van der Waals surface area contributed by atoms with Crippen LogP contribution in [0.3, 0.4) is 0 Å². The average molecular weight is 379 g/mol. The highest BCUT2D eigenvalue weighted by molar-refractivity contribution is 5.88. The van der Waals surface area contributed by atoms with E-state index in [1.54, 1.807) is 12.0 Å². The predicted molar refractivity (Wildman–Crippen MR) is 104 cm³/mol. The summed E-state index contributed by atoms with van der Waals surface area (Å²) in [5.41, 5.74) is 1.12. The summed E-state index contributed by atoms with van der Waals surface area (Å²) in [7, 11) is 1.60. The molecule has 1 saturated heterocycles. The molecular weight excluding hydrogens is 358 g/mol. The van der Waals surface area contributed by atoms with E-state index in [0.717, 1.165) is 5.56 Å². The lowest BCUT2D eigenvalue weighted by molar-refractivity contribution is 0.0474. The summed E-state index contributed by atoms with van der Waals surface area (Å²) < 4.78 is 11.2. The quantitative estimate of drug-likeness (QED) is 0.687. The Hall–Kier alpha value is -3.55. The number of amides is 2. The second-order valence-corrected chi connectivity index (χ2v) is 6.49. The van der Waals surface area contributed by atoms with Gasteiger partial charge in [-0.05, 0) is 17.7 Å². The molecular formula is C20H21N5O3. The first-order valence-corrected chi connectivity index (χ1v) is 9.02. The van der Waals surface area contributed by atoms with Crippen LogP contribution >= 0.6 is 0 Å². The average Bonchev–Trinajstić information content (AvgIpc) is 3.12. The van der Waals surface area contributed by atoms with E-state index in [1.807, 2.05) is 54.6 Å². The standard InChI is InChI=1S/C20H21N5O3/c1-27-16-9-5-6-10-17(16)28-15-12-25(13-15)20(26)22-19-21-18(23-24-19)11-14-7-3-2-4-8-14/h2-10,15H,11-13H2,1H3,(H2,21,22,23,24,26). The molecule has 8 nitrogen and oxygen atoms in total. The molecule has 0 spiro atoms. The van der Waals surface area contributed by atoms with E-state index in [1.165, 1.54) is 0 Å². The van der Waals surface area contributed by atoms with Crippen LogP contribution in [-0.2, 0) is 6.42 Å². The summed E-state index contributed by atoms with van der Waals surface area (Å²) in [6, 6.07) is 17.2. The zero-order valence-corrected chi connectivity index (χ0v) is 15.5. The Kier molecular flexibility index (Phi) is 5.09. The largest absolute Gasteiger partial charge is 0.493 e. The summed E-state index contributed by atoms with van der Waals surface area (Å²) in [6.07, 6.45) is 0.560. The maximum Gasteiger partial charge on any atom is 0.324 e. The summed E-state index contributed by atoms with van der Waals surface area (Å²) in [6.45, 7) is 0.982. The normalized spacial score (nSPS) is 13.7. The molecule has 1 fully saturated rings. The summed E-state index contributed by atoms with van der Waals surface area (Å²) in [5.74, 6) is 2.32. The topological polar surface area (TPSA) is 92.4 Å². The lowest BCUT2D eigenvalue weighted by Gasteiger charge is -2.38. The van der Waals surface area contributed by atoms with Gasteiger partial charge in [0.2, 0.25) is 5.95 Å². The van der Waals surface area contributed by atoms with Gasteiger partial charge in [0.15, 0.2) is 11.5 Å². The van der Waals surface area contributed by atoms with Crippen LogP contribution in [0, 0.1) is 0 Å². The highest BCUT2D eigenvalue weighted by Crippen LogP contribution is 2.28. The second kappa shape index (κ2) is 7.99. The third kappa shape index (κ3) is 4.06. The smallest absolute Gasteiger partial charge is 0.324 e. The van der Waals surface area contributed by atoms with Gasteiger partial charge in [0.1, 0.15) is 11.9 Å². The van der Waals surface area contributed by atoms with Crippen molar-refractivity contribution in [1.29, 1.82) is 0 Å². The zero-order valence-electron chi connectivity index (χ0n) is 15.5. The molecule has 2 heterocycles. The van der Waals surface area contributed by atoms with Gasteiger partial charge in [-0.3, -0.25) is 10.4 Å². The van der Waals surface area contributed by atoms with Crippen LogP contribution < -0.4 is 14.8 Å². The van der Waals surface area contributed by atoms with Crippen molar-refractivity contribution in [2.75, 3.05) is 25.5 Å². The van der Waals surface area contributed by atoms with Crippen molar-refractivity contribution in [3.8, 4) is 11.5 Å². The van der Waals surface area contributed by atoms with Gasteiger partial charge in [-0.15, -0.1) is 5.10 Å². The van der Waals surface area contributed by atoms with Gasteiger partial charge in [0.25, 0.3) is 0 Å². The Morgan fingerprint density at radius 3 is 2.61 bits per heavy atom. The number of hydrogen-bond donors (Lipinski definition) is 2. The van der Waals surface area contributed by atoms with E-state index in [0.29, 0.717) is 36.8 Å². The van der Waals surface area contributed by atoms with Gasteiger partial charge in [-0.25, -0.2) is 4.79 Å². The number of anilines is 1. The van der Waals surface area contributed by atoms with Crippen LogP contribution in [0.5, 0.6) is 11.5 Å². The Bertz CT molecular complexity index is 938. The van der Waals surface area contributed by atoms with Gasteiger partial charge >= 0.3 is 6.03 Å². The molecule has 2 N–H and O–H groups in total. The number of nitrogens with one attached hydrogen (secondary N) is 2. The van der Waals surface area contributed by atoms with Gasteiger partial charge in [-0.1, -0.05) is 42.5 Å². The Morgan fingerprint density at radius 1 is 1.14 bits per heavy atom. The molecule has 0 unspecified atom stereocenters. The van der Waals surface area contributed by atoms with Crippen molar-refractivity contribution in [3.63, 3.8) is 0 Å². The minimum atomic E-state index is -0.245. The highest BCUT2D eigenvalue weighted by atomic mass is 16.5. The predicted octanol–water partition coefficient (Wildman–Crippen LogP) is 2.70. The van der Waals surface area contributed by atoms with Gasteiger partial charge in [0.05, 0.1) is 20.2 Å². The van der Waals surface area contributed by atoms with Gasteiger partial charge in [-0.2, -0.15) is 4.98 Å². The van der Waals surface area contributed by atoms with E-state index in [4.69, 9.17) is 9.47 Å². The van der Waals surface area contributed by atoms with Crippen LogP contribution in [0.2, 0.25) is 0 Å². The monoisotopic (exact) mass is 379 g/mol. The number of ether oxygens (including phenoxy) is 2. The molecule has 8 heteroatoms. The van der Waals surface area contributed by atoms with Crippen molar-refractivity contribution < 1.29 is 14.3 Å². The number of aromatic amines is 1. The first kappa shape index (κ1) is 17.8. The van der Waals surface area contributed by atoms with Crippen LogP contribution in [-0.4, -0.2) is 52.4 Å². The van der Waals surface area contributed by atoms with Crippen LogP contribution in [0.4, 0.5) is 10.7 Å². The number of hydrogen-bond acceptors (Lipinski definition) is 5. The number of H-pyrrole nitrogens is 1. The molecule has 2 amide bonds. The van der Waals surface area contributed by atoms with Crippen molar-refractivity contribution >= 4 is 12.0 Å².